The maximum atomic E-state index is 12.2. The summed E-state index contributed by atoms with van der Waals surface area (Å²) in [5, 5.41) is 12.7. The number of phenols is 1. The van der Waals surface area contributed by atoms with E-state index in [1.165, 1.54) is 6.08 Å². The molecule has 118 valence electrons. The zero-order valence-corrected chi connectivity index (χ0v) is 13.9. The van der Waals surface area contributed by atoms with Crippen molar-refractivity contribution in [2.24, 2.45) is 0 Å². The molecule has 0 aromatic heterocycles. The normalized spacial score (nSPS) is 16.3. The molecule has 1 aliphatic rings. The molecule has 3 amide bonds. The number of hydrogen-bond acceptors (Lipinski definition) is 4. The van der Waals surface area contributed by atoms with Gasteiger partial charge in [0.2, 0.25) is 0 Å². The van der Waals surface area contributed by atoms with Crippen molar-refractivity contribution in [3.8, 4) is 11.5 Å². The number of urea groups is 1. The van der Waals surface area contributed by atoms with E-state index in [2.05, 4.69) is 21.2 Å². The second-order valence-electron chi connectivity index (χ2n) is 4.72. The van der Waals surface area contributed by atoms with Gasteiger partial charge in [-0.15, -0.1) is 0 Å². The van der Waals surface area contributed by atoms with Gasteiger partial charge in [-0.3, -0.25) is 9.69 Å². The van der Waals surface area contributed by atoms with E-state index in [0.717, 1.165) is 4.90 Å². The highest BCUT2D eigenvalue weighted by molar-refractivity contribution is 9.10. The van der Waals surface area contributed by atoms with E-state index in [1.807, 2.05) is 13.8 Å². The molecule has 0 radical (unpaired) electrons. The van der Waals surface area contributed by atoms with Crippen LogP contribution in [-0.2, 0) is 4.79 Å². The van der Waals surface area contributed by atoms with Crippen LogP contribution >= 0.6 is 15.9 Å². The number of imide groups is 1. The maximum absolute atomic E-state index is 12.2. The summed E-state index contributed by atoms with van der Waals surface area (Å²) in [5.74, 6) is -0.163. The van der Waals surface area contributed by atoms with Gasteiger partial charge in [0.1, 0.15) is 5.70 Å². The number of ether oxygens (including phenoxy) is 1. The van der Waals surface area contributed by atoms with Crippen LogP contribution in [0, 0.1) is 0 Å². The Bertz CT molecular complexity index is 643. The van der Waals surface area contributed by atoms with Crippen molar-refractivity contribution < 1.29 is 19.4 Å². The number of amides is 3. The lowest BCUT2D eigenvalue weighted by atomic mass is 10.1. The molecule has 0 aliphatic carbocycles. The molecule has 1 aliphatic heterocycles. The van der Waals surface area contributed by atoms with Crippen LogP contribution < -0.4 is 10.1 Å². The van der Waals surface area contributed by atoms with Crippen molar-refractivity contribution in [3.63, 3.8) is 0 Å². The lowest BCUT2D eigenvalue weighted by Crippen LogP contribution is -2.31. The van der Waals surface area contributed by atoms with Gasteiger partial charge >= 0.3 is 6.03 Å². The molecule has 2 rings (SSSR count). The van der Waals surface area contributed by atoms with Crippen LogP contribution in [-0.4, -0.2) is 35.1 Å². The highest BCUT2D eigenvalue weighted by Gasteiger charge is 2.32. The Morgan fingerprint density at radius 3 is 2.73 bits per heavy atom. The van der Waals surface area contributed by atoms with Gasteiger partial charge in [-0.2, -0.15) is 0 Å². The molecule has 7 heteroatoms. The molecular weight excluding hydrogens is 352 g/mol. The summed E-state index contributed by atoms with van der Waals surface area (Å²) < 4.78 is 6.04. The summed E-state index contributed by atoms with van der Waals surface area (Å²) in [6.45, 7) is 4.45. The molecule has 1 heterocycles. The fourth-order valence-electron chi connectivity index (χ4n) is 2.12. The number of aromatic hydroxyl groups is 1. The Kier molecular flexibility index (Phi) is 5.07. The number of rotatable bonds is 5. The molecule has 0 unspecified atom stereocenters. The van der Waals surface area contributed by atoms with Crippen molar-refractivity contribution in [1.82, 2.24) is 10.2 Å². The Labute approximate surface area is 136 Å². The van der Waals surface area contributed by atoms with Crippen molar-refractivity contribution in [2.75, 3.05) is 13.2 Å². The smallest absolute Gasteiger partial charge is 0.329 e. The molecule has 0 atom stereocenters. The van der Waals surface area contributed by atoms with Gasteiger partial charge in [0.15, 0.2) is 11.5 Å². The van der Waals surface area contributed by atoms with Crippen molar-refractivity contribution >= 4 is 33.9 Å². The van der Waals surface area contributed by atoms with Gasteiger partial charge in [0.05, 0.1) is 6.61 Å². The van der Waals surface area contributed by atoms with Crippen LogP contribution in [0.2, 0.25) is 0 Å². The zero-order chi connectivity index (χ0) is 16.3. The van der Waals surface area contributed by atoms with Crippen LogP contribution in [0.15, 0.2) is 22.3 Å². The van der Waals surface area contributed by atoms with Gasteiger partial charge < -0.3 is 15.2 Å². The molecule has 1 saturated heterocycles. The Morgan fingerprint density at radius 2 is 2.09 bits per heavy atom. The molecule has 1 aromatic rings. The summed E-state index contributed by atoms with van der Waals surface area (Å²) in [6.07, 6.45) is 2.13. The first-order chi connectivity index (χ1) is 10.5. The van der Waals surface area contributed by atoms with E-state index in [4.69, 9.17) is 4.74 Å². The van der Waals surface area contributed by atoms with E-state index in [0.29, 0.717) is 35.4 Å². The third-order valence-electron chi connectivity index (χ3n) is 3.08. The molecule has 0 spiro atoms. The lowest BCUT2D eigenvalue weighted by molar-refractivity contribution is -0.122. The number of benzene rings is 1. The summed E-state index contributed by atoms with van der Waals surface area (Å²) >= 11 is 3.33. The lowest BCUT2D eigenvalue weighted by Gasteiger charge is -2.10. The number of carbonyl (C=O) groups excluding carboxylic acids is 2. The average Bonchev–Trinajstić information content (AvgIpc) is 2.72. The quantitative estimate of drug-likeness (QED) is 0.618. The predicted molar refractivity (Wildman–Crippen MR) is 85.5 cm³/mol. The van der Waals surface area contributed by atoms with Gasteiger partial charge in [-0.25, -0.2) is 4.79 Å². The largest absolute Gasteiger partial charge is 0.504 e. The number of nitrogens with zero attached hydrogens (tertiary/aromatic N) is 1. The van der Waals surface area contributed by atoms with E-state index in [9.17, 15) is 14.7 Å². The molecule has 2 N–H and O–H groups in total. The van der Waals surface area contributed by atoms with Crippen LogP contribution in [0.3, 0.4) is 0 Å². The predicted octanol–water partition coefficient (Wildman–Crippen LogP) is 2.86. The molecular formula is C15H17BrN2O4. The third kappa shape index (κ3) is 3.24. The fraction of sp³-hybridized carbons (Fsp3) is 0.333. The average molecular weight is 369 g/mol. The monoisotopic (exact) mass is 368 g/mol. The Morgan fingerprint density at radius 1 is 1.36 bits per heavy atom. The number of hydrogen-bond donors (Lipinski definition) is 2. The summed E-state index contributed by atoms with van der Waals surface area (Å²) in [6, 6.07) is 2.84. The fourth-order valence-corrected chi connectivity index (χ4v) is 2.58. The van der Waals surface area contributed by atoms with E-state index >= 15 is 0 Å². The minimum absolute atomic E-state index is 0.0754. The van der Waals surface area contributed by atoms with Crippen molar-refractivity contribution in [1.29, 1.82) is 0 Å². The molecule has 1 aromatic carbocycles. The standard InChI is InChI=1S/C15H17BrN2O4/c1-3-5-18-14(20)11(17-15(18)21)7-9-6-10(16)8-12(13(9)19)22-4-2/h6-8,19H,3-5H2,1-2H3,(H,17,21)/b11-7+. The minimum atomic E-state index is -0.447. The number of halogens is 1. The second kappa shape index (κ2) is 6.83. The molecule has 1 fully saturated rings. The van der Waals surface area contributed by atoms with Crippen LogP contribution in [0.5, 0.6) is 11.5 Å². The van der Waals surface area contributed by atoms with Gasteiger partial charge in [-0.05, 0) is 31.6 Å². The van der Waals surface area contributed by atoms with Crippen LogP contribution in [0.1, 0.15) is 25.8 Å². The van der Waals surface area contributed by atoms with Crippen molar-refractivity contribution in [3.05, 3.63) is 27.9 Å². The third-order valence-corrected chi connectivity index (χ3v) is 3.54. The molecule has 0 saturated carbocycles. The Balaban J connectivity index is 2.37. The number of phenolic OH excluding ortho intramolecular Hbond substituents is 1. The van der Waals surface area contributed by atoms with E-state index in [-0.39, 0.29) is 11.4 Å². The summed E-state index contributed by atoms with van der Waals surface area (Å²) in [7, 11) is 0. The first kappa shape index (κ1) is 16.4. The SMILES string of the molecule is CCCN1C(=O)N/C(=C/c2cc(Br)cc(OCC)c2O)C1=O. The second-order valence-corrected chi connectivity index (χ2v) is 5.64. The van der Waals surface area contributed by atoms with Gasteiger partial charge in [0, 0.05) is 16.6 Å². The van der Waals surface area contributed by atoms with Gasteiger partial charge in [0.25, 0.3) is 5.91 Å². The Hall–Kier alpha value is -2.02. The number of carbonyl (C=O) groups is 2. The maximum Gasteiger partial charge on any atom is 0.329 e. The van der Waals surface area contributed by atoms with E-state index in [1.54, 1.807) is 12.1 Å². The highest BCUT2D eigenvalue weighted by Crippen LogP contribution is 2.35. The molecule has 6 nitrogen and oxygen atoms in total. The zero-order valence-electron chi connectivity index (χ0n) is 12.4. The van der Waals surface area contributed by atoms with Crippen LogP contribution in [0.4, 0.5) is 4.79 Å². The highest BCUT2D eigenvalue weighted by atomic mass is 79.9. The molecule has 0 bridgehead atoms. The first-order valence-electron chi connectivity index (χ1n) is 6.97. The van der Waals surface area contributed by atoms with Crippen LogP contribution in [0.25, 0.3) is 6.08 Å². The first-order valence-corrected chi connectivity index (χ1v) is 7.77. The topological polar surface area (TPSA) is 78.9 Å². The van der Waals surface area contributed by atoms with E-state index < -0.39 is 11.9 Å². The minimum Gasteiger partial charge on any atom is -0.504 e. The molecule has 22 heavy (non-hydrogen) atoms. The number of nitrogens with one attached hydrogen (secondary N) is 1. The summed E-state index contributed by atoms with van der Waals surface area (Å²) in [5.41, 5.74) is 0.522. The van der Waals surface area contributed by atoms with Gasteiger partial charge in [-0.1, -0.05) is 22.9 Å². The summed E-state index contributed by atoms with van der Waals surface area (Å²) in [4.78, 5) is 25.1. The van der Waals surface area contributed by atoms with Crippen molar-refractivity contribution in [2.45, 2.75) is 20.3 Å².